The molecule has 0 radical (unpaired) electrons. The lowest BCUT2D eigenvalue weighted by Gasteiger charge is -2.38. The zero-order valence-electron chi connectivity index (χ0n) is 13.4. The largest absolute Gasteiger partial charge is 0.459 e. The summed E-state index contributed by atoms with van der Waals surface area (Å²) in [4.78, 5) is 29.3. The predicted molar refractivity (Wildman–Crippen MR) is 86.6 cm³/mol. The second kappa shape index (κ2) is 6.14. The van der Waals surface area contributed by atoms with Crippen LogP contribution in [-0.2, 0) is 11.2 Å². The van der Waals surface area contributed by atoms with Crippen molar-refractivity contribution in [2.75, 3.05) is 18.0 Å². The van der Waals surface area contributed by atoms with Gasteiger partial charge in [-0.25, -0.2) is 0 Å². The Hall–Kier alpha value is -2.57. The maximum absolute atomic E-state index is 13.2. The molecule has 126 valence electrons. The molecule has 2 aromatic heterocycles. The summed E-state index contributed by atoms with van der Waals surface area (Å²) < 4.78 is 5.23. The van der Waals surface area contributed by atoms with Gasteiger partial charge in [0.2, 0.25) is 5.91 Å². The number of fused-ring (bicyclic) bond motifs is 1. The molecule has 0 aliphatic carbocycles. The standard InChI is InChI=1S/C17H20N4O3/c22-16(21-9-3-5-12-14(21)11-18-19-12)13-6-1-2-8-20(13)17(23)15-7-4-10-24-15/h4,7,10-11,13H,1-3,5-6,8-9H2,(H,18,19)/t13-/m1/s1. The van der Waals surface area contributed by atoms with Gasteiger partial charge < -0.3 is 14.2 Å². The molecule has 7 heteroatoms. The topological polar surface area (TPSA) is 82.4 Å². The summed E-state index contributed by atoms with van der Waals surface area (Å²) in [5.41, 5.74) is 1.84. The zero-order chi connectivity index (χ0) is 16.5. The van der Waals surface area contributed by atoms with Gasteiger partial charge in [-0.15, -0.1) is 0 Å². The molecular weight excluding hydrogens is 308 g/mol. The smallest absolute Gasteiger partial charge is 0.290 e. The van der Waals surface area contributed by atoms with Crippen molar-refractivity contribution in [3.63, 3.8) is 0 Å². The first kappa shape index (κ1) is 15.0. The Morgan fingerprint density at radius 3 is 3.00 bits per heavy atom. The lowest BCUT2D eigenvalue weighted by Crippen LogP contribution is -2.54. The van der Waals surface area contributed by atoms with E-state index in [4.69, 9.17) is 4.42 Å². The van der Waals surface area contributed by atoms with Crippen molar-refractivity contribution < 1.29 is 14.0 Å². The van der Waals surface area contributed by atoms with E-state index < -0.39 is 6.04 Å². The first-order valence-electron chi connectivity index (χ1n) is 8.44. The van der Waals surface area contributed by atoms with E-state index in [9.17, 15) is 9.59 Å². The highest BCUT2D eigenvalue weighted by Gasteiger charge is 2.37. The second-order valence-electron chi connectivity index (χ2n) is 6.31. The maximum Gasteiger partial charge on any atom is 0.290 e. The highest BCUT2D eigenvalue weighted by molar-refractivity contribution is 6.02. The van der Waals surface area contributed by atoms with E-state index in [-0.39, 0.29) is 17.6 Å². The van der Waals surface area contributed by atoms with E-state index in [0.717, 1.165) is 37.1 Å². The van der Waals surface area contributed by atoms with Gasteiger partial charge in [-0.2, -0.15) is 5.10 Å². The van der Waals surface area contributed by atoms with Gasteiger partial charge in [-0.3, -0.25) is 14.7 Å². The maximum atomic E-state index is 13.2. The number of nitrogens with one attached hydrogen (secondary N) is 1. The summed E-state index contributed by atoms with van der Waals surface area (Å²) in [6, 6.07) is 2.90. The number of anilines is 1. The van der Waals surface area contributed by atoms with Crippen LogP contribution in [0.25, 0.3) is 0 Å². The van der Waals surface area contributed by atoms with Gasteiger partial charge in [0.25, 0.3) is 5.91 Å². The molecule has 4 rings (SSSR count). The summed E-state index contributed by atoms with van der Waals surface area (Å²) in [7, 11) is 0. The van der Waals surface area contributed by atoms with E-state index in [1.807, 2.05) is 0 Å². The molecule has 0 spiro atoms. The molecule has 2 aromatic rings. The fraction of sp³-hybridized carbons (Fsp3) is 0.471. The SMILES string of the molecule is O=C([C@H]1CCCCN1C(=O)c1ccco1)N1CCCc2[nH]ncc21. The van der Waals surface area contributed by atoms with Crippen LogP contribution in [0.4, 0.5) is 5.69 Å². The minimum atomic E-state index is -0.433. The number of carbonyl (C=O) groups excluding carboxylic acids is 2. The van der Waals surface area contributed by atoms with Crippen molar-refractivity contribution in [3.8, 4) is 0 Å². The first-order valence-corrected chi connectivity index (χ1v) is 8.44. The van der Waals surface area contributed by atoms with Crippen LogP contribution in [0.15, 0.2) is 29.0 Å². The molecule has 1 atom stereocenters. The number of furan rings is 1. The molecule has 24 heavy (non-hydrogen) atoms. The number of hydrogen-bond acceptors (Lipinski definition) is 4. The van der Waals surface area contributed by atoms with Gasteiger partial charge in [0, 0.05) is 13.1 Å². The molecule has 2 aliphatic heterocycles. The molecule has 0 aromatic carbocycles. The molecule has 0 saturated carbocycles. The molecule has 4 heterocycles. The van der Waals surface area contributed by atoms with E-state index in [0.29, 0.717) is 19.5 Å². The number of aromatic amines is 1. The number of hydrogen-bond donors (Lipinski definition) is 1. The zero-order valence-corrected chi connectivity index (χ0v) is 13.4. The summed E-state index contributed by atoms with van der Waals surface area (Å²) in [6.07, 6.45) is 7.54. The number of aromatic nitrogens is 2. The summed E-state index contributed by atoms with van der Waals surface area (Å²) in [5, 5.41) is 7.02. The lowest BCUT2D eigenvalue weighted by molar-refractivity contribution is -0.124. The Balaban J connectivity index is 1.59. The Bertz CT molecular complexity index is 737. The Kier molecular flexibility index (Phi) is 3.84. The third-order valence-electron chi connectivity index (χ3n) is 4.84. The quantitative estimate of drug-likeness (QED) is 0.914. The van der Waals surface area contributed by atoms with Gasteiger partial charge in [-0.05, 0) is 44.2 Å². The van der Waals surface area contributed by atoms with Gasteiger partial charge >= 0.3 is 0 Å². The number of rotatable bonds is 2. The predicted octanol–water partition coefficient (Wildman–Crippen LogP) is 1.98. The van der Waals surface area contributed by atoms with Crippen LogP contribution in [0.5, 0.6) is 0 Å². The Labute approximate surface area is 139 Å². The van der Waals surface area contributed by atoms with Crippen LogP contribution in [-0.4, -0.2) is 46.0 Å². The van der Waals surface area contributed by atoms with Crippen LogP contribution in [0.1, 0.15) is 41.9 Å². The molecular formula is C17H20N4O3. The minimum absolute atomic E-state index is 0.0167. The number of piperidine rings is 1. The van der Waals surface area contributed by atoms with Gasteiger partial charge in [0.1, 0.15) is 6.04 Å². The van der Waals surface area contributed by atoms with Crippen molar-refractivity contribution >= 4 is 17.5 Å². The fourth-order valence-electron chi connectivity index (χ4n) is 3.64. The summed E-state index contributed by atoms with van der Waals surface area (Å²) in [6.45, 7) is 1.26. The normalized spacial score (nSPS) is 20.8. The molecule has 1 fully saturated rings. The molecule has 0 unspecified atom stereocenters. The van der Waals surface area contributed by atoms with Gasteiger partial charge in [0.05, 0.1) is 23.8 Å². The first-order chi connectivity index (χ1) is 11.8. The van der Waals surface area contributed by atoms with Crippen molar-refractivity contribution in [1.29, 1.82) is 0 Å². The van der Waals surface area contributed by atoms with Crippen LogP contribution in [0, 0.1) is 0 Å². The van der Waals surface area contributed by atoms with E-state index in [1.165, 1.54) is 6.26 Å². The van der Waals surface area contributed by atoms with Crippen molar-refractivity contribution in [2.24, 2.45) is 0 Å². The molecule has 0 bridgehead atoms. The average molecular weight is 328 g/mol. The second-order valence-corrected chi connectivity index (χ2v) is 6.31. The van der Waals surface area contributed by atoms with Crippen molar-refractivity contribution in [2.45, 2.75) is 38.1 Å². The molecule has 1 N–H and O–H groups in total. The highest BCUT2D eigenvalue weighted by atomic mass is 16.3. The number of carbonyl (C=O) groups is 2. The number of amides is 2. The molecule has 7 nitrogen and oxygen atoms in total. The van der Waals surface area contributed by atoms with Crippen LogP contribution in [0.3, 0.4) is 0 Å². The van der Waals surface area contributed by atoms with Crippen molar-refractivity contribution in [1.82, 2.24) is 15.1 Å². The Morgan fingerprint density at radius 1 is 1.25 bits per heavy atom. The number of nitrogens with zero attached hydrogens (tertiary/aromatic N) is 3. The number of likely N-dealkylation sites (tertiary alicyclic amines) is 1. The van der Waals surface area contributed by atoms with E-state index in [2.05, 4.69) is 10.2 Å². The van der Waals surface area contributed by atoms with Crippen LogP contribution in [0.2, 0.25) is 0 Å². The highest BCUT2D eigenvalue weighted by Crippen LogP contribution is 2.28. The van der Waals surface area contributed by atoms with Gasteiger partial charge in [0.15, 0.2) is 5.76 Å². The fourth-order valence-corrected chi connectivity index (χ4v) is 3.64. The lowest BCUT2D eigenvalue weighted by atomic mass is 9.99. The number of aryl methyl sites for hydroxylation is 1. The van der Waals surface area contributed by atoms with Crippen molar-refractivity contribution in [3.05, 3.63) is 36.0 Å². The van der Waals surface area contributed by atoms with Crippen LogP contribution < -0.4 is 4.90 Å². The summed E-state index contributed by atoms with van der Waals surface area (Å²) >= 11 is 0. The third-order valence-corrected chi connectivity index (χ3v) is 4.84. The van der Waals surface area contributed by atoms with Crippen LogP contribution >= 0.6 is 0 Å². The van der Waals surface area contributed by atoms with E-state index >= 15 is 0 Å². The van der Waals surface area contributed by atoms with Gasteiger partial charge in [-0.1, -0.05) is 0 Å². The Morgan fingerprint density at radius 2 is 2.17 bits per heavy atom. The third kappa shape index (κ3) is 2.50. The molecule has 2 amide bonds. The summed E-state index contributed by atoms with van der Waals surface area (Å²) in [5.74, 6) is 0.0665. The molecule has 1 saturated heterocycles. The van der Waals surface area contributed by atoms with E-state index in [1.54, 1.807) is 28.1 Å². The number of H-pyrrole nitrogens is 1. The monoisotopic (exact) mass is 328 g/mol. The average Bonchev–Trinajstić information content (AvgIpc) is 3.31. The molecule has 2 aliphatic rings. The minimum Gasteiger partial charge on any atom is -0.459 e.